The summed E-state index contributed by atoms with van der Waals surface area (Å²) < 4.78 is 0. The third-order valence-electron chi connectivity index (χ3n) is 2.96. The first kappa shape index (κ1) is 13.1. The van der Waals surface area contributed by atoms with Crippen LogP contribution in [0.4, 0.5) is 5.69 Å². The van der Waals surface area contributed by atoms with Gasteiger partial charge in [0.25, 0.3) is 0 Å². The fraction of sp³-hybridized carbons (Fsp3) is 0.357. The van der Waals surface area contributed by atoms with Crippen LogP contribution in [-0.4, -0.2) is 19.1 Å². The summed E-state index contributed by atoms with van der Waals surface area (Å²) in [6, 6.07) is 8.91. The van der Waals surface area contributed by atoms with E-state index in [4.69, 9.17) is 0 Å². The largest absolute Gasteiger partial charge is 0.378 e. The number of benzene rings is 1. The van der Waals surface area contributed by atoms with Crippen molar-refractivity contribution in [1.82, 2.24) is 10.3 Å². The second-order valence-electron chi connectivity index (χ2n) is 4.58. The molecule has 0 spiro atoms. The Kier molecular flexibility index (Phi) is 4.33. The van der Waals surface area contributed by atoms with Crippen molar-refractivity contribution in [2.75, 3.05) is 19.0 Å². The number of aromatic nitrogens is 1. The Hall–Kier alpha value is -1.39. The molecule has 1 aromatic carbocycles. The van der Waals surface area contributed by atoms with Crippen molar-refractivity contribution in [1.29, 1.82) is 0 Å². The lowest BCUT2D eigenvalue weighted by atomic mass is 10.2. The fourth-order valence-electron chi connectivity index (χ4n) is 1.72. The highest BCUT2D eigenvalue weighted by Crippen LogP contribution is 2.15. The fourth-order valence-corrected chi connectivity index (χ4v) is 2.37. The lowest BCUT2D eigenvalue weighted by molar-refractivity contribution is 0.564. The molecule has 96 valence electrons. The van der Waals surface area contributed by atoms with E-state index in [1.807, 2.05) is 5.51 Å². The van der Waals surface area contributed by atoms with Crippen LogP contribution in [0.1, 0.15) is 24.2 Å². The number of hydrogen-bond donors (Lipinski definition) is 1. The highest BCUT2D eigenvalue weighted by Gasteiger charge is 2.06. The van der Waals surface area contributed by atoms with Gasteiger partial charge in [0.1, 0.15) is 0 Å². The lowest BCUT2D eigenvalue weighted by Gasteiger charge is -2.14. The molecule has 1 atom stereocenters. The Balaban J connectivity index is 1.90. The minimum absolute atomic E-state index is 0.296. The third kappa shape index (κ3) is 3.31. The summed E-state index contributed by atoms with van der Waals surface area (Å²) >= 11 is 1.64. The Morgan fingerprint density at radius 2 is 2.00 bits per heavy atom. The normalized spacial score (nSPS) is 12.4. The molecule has 0 amide bonds. The van der Waals surface area contributed by atoms with E-state index >= 15 is 0 Å². The molecule has 2 aromatic rings. The van der Waals surface area contributed by atoms with Crippen LogP contribution in [0.25, 0.3) is 0 Å². The second-order valence-corrected chi connectivity index (χ2v) is 5.30. The van der Waals surface area contributed by atoms with Crippen LogP contribution in [0.5, 0.6) is 0 Å². The highest BCUT2D eigenvalue weighted by molar-refractivity contribution is 7.07. The smallest absolute Gasteiger partial charge is 0.0795 e. The van der Waals surface area contributed by atoms with Crippen molar-refractivity contribution in [2.45, 2.75) is 19.5 Å². The van der Waals surface area contributed by atoms with Gasteiger partial charge in [-0.1, -0.05) is 12.1 Å². The van der Waals surface area contributed by atoms with E-state index in [-0.39, 0.29) is 0 Å². The van der Waals surface area contributed by atoms with Crippen LogP contribution in [0.15, 0.2) is 35.2 Å². The summed E-state index contributed by atoms with van der Waals surface area (Å²) in [5.41, 5.74) is 5.51. The van der Waals surface area contributed by atoms with Crippen molar-refractivity contribution in [3.8, 4) is 0 Å². The molecule has 3 nitrogen and oxygen atoms in total. The number of thiazole rings is 1. The molecule has 4 heteroatoms. The SMILES string of the molecule is CC(NCc1ccc(N(C)C)cc1)c1cscn1. The van der Waals surface area contributed by atoms with Gasteiger partial charge in [0.15, 0.2) is 0 Å². The van der Waals surface area contributed by atoms with Gasteiger partial charge >= 0.3 is 0 Å². The van der Waals surface area contributed by atoms with Gasteiger partial charge in [0.2, 0.25) is 0 Å². The maximum absolute atomic E-state index is 4.32. The first-order valence-electron chi connectivity index (χ1n) is 6.04. The number of nitrogens with one attached hydrogen (secondary N) is 1. The first-order valence-corrected chi connectivity index (χ1v) is 6.99. The molecule has 0 bridgehead atoms. The molecule has 0 aliphatic heterocycles. The van der Waals surface area contributed by atoms with Gasteiger partial charge in [-0.25, -0.2) is 4.98 Å². The molecule has 1 unspecified atom stereocenters. The molecule has 0 saturated carbocycles. The average molecular weight is 261 g/mol. The van der Waals surface area contributed by atoms with Crippen LogP contribution in [0.3, 0.4) is 0 Å². The highest BCUT2D eigenvalue weighted by atomic mass is 32.1. The van der Waals surface area contributed by atoms with Crippen LogP contribution >= 0.6 is 11.3 Å². The maximum atomic E-state index is 4.32. The van der Waals surface area contributed by atoms with E-state index in [1.165, 1.54) is 11.3 Å². The van der Waals surface area contributed by atoms with Crippen LogP contribution in [0, 0.1) is 0 Å². The summed E-state index contributed by atoms with van der Waals surface area (Å²) in [6.07, 6.45) is 0. The number of hydrogen-bond acceptors (Lipinski definition) is 4. The van der Waals surface area contributed by atoms with Crippen molar-refractivity contribution in [2.24, 2.45) is 0 Å². The monoisotopic (exact) mass is 261 g/mol. The van der Waals surface area contributed by atoms with E-state index in [0.717, 1.165) is 12.2 Å². The van der Waals surface area contributed by atoms with E-state index in [2.05, 4.69) is 65.9 Å². The predicted octanol–water partition coefficient (Wildman–Crippen LogP) is 3.06. The zero-order valence-electron chi connectivity index (χ0n) is 11.1. The van der Waals surface area contributed by atoms with Crippen LogP contribution < -0.4 is 10.2 Å². The summed E-state index contributed by atoms with van der Waals surface area (Å²) in [5.74, 6) is 0. The molecule has 0 aliphatic rings. The molecule has 1 heterocycles. The molecule has 0 radical (unpaired) electrons. The van der Waals surface area contributed by atoms with Gasteiger partial charge < -0.3 is 10.2 Å². The van der Waals surface area contributed by atoms with E-state index in [1.54, 1.807) is 11.3 Å². The minimum atomic E-state index is 0.296. The summed E-state index contributed by atoms with van der Waals surface area (Å²) in [5, 5.41) is 5.57. The Morgan fingerprint density at radius 3 is 2.56 bits per heavy atom. The molecule has 2 rings (SSSR count). The van der Waals surface area contributed by atoms with Gasteiger partial charge in [-0.2, -0.15) is 0 Å². The molecule has 0 fully saturated rings. The molecule has 18 heavy (non-hydrogen) atoms. The minimum Gasteiger partial charge on any atom is -0.378 e. The standard InChI is InChI=1S/C14H19N3S/c1-11(14-9-18-10-16-14)15-8-12-4-6-13(7-5-12)17(2)3/h4-7,9-11,15H,8H2,1-3H3. The van der Waals surface area contributed by atoms with Gasteiger partial charge in [-0.3, -0.25) is 0 Å². The van der Waals surface area contributed by atoms with Crippen molar-refractivity contribution < 1.29 is 0 Å². The number of nitrogens with zero attached hydrogens (tertiary/aromatic N) is 2. The zero-order chi connectivity index (χ0) is 13.0. The van der Waals surface area contributed by atoms with Crippen LogP contribution in [-0.2, 0) is 6.54 Å². The molecule has 0 aliphatic carbocycles. The molecular weight excluding hydrogens is 242 g/mol. The predicted molar refractivity (Wildman–Crippen MR) is 78.1 cm³/mol. The van der Waals surface area contributed by atoms with E-state index in [0.29, 0.717) is 6.04 Å². The lowest BCUT2D eigenvalue weighted by Crippen LogP contribution is -2.18. The Morgan fingerprint density at radius 1 is 1.28 bits per heavy atom. The second kappa shape index (κ2) is 5.98. The third-order valence-corrected chi connectivity index (χ3v) is 3.56. The zero-order valence-corrected chi connectivity index (χ0v) is 11.9. The molecular formula is C14H19N3S. The van der Waals surface area contributed by atoms with Crippen molar-refractivity contribution in [3.63, 3.8) is 0 Å². The van der Waals surface area contributed by atoms with Crippen molar-refractivity contribution in [3.05, 3.63) is 46.4 Å². The van der Waals surface area contributed by atoms with Gasteiger partial charge in [-0.15, -0.1) is 11.3 Å². The summed E-state index contributed by atoms with van der Waals surface area (Å²) in [7, 11) is 4.11. The average Bonchev–Trinajstić information content (AvgIpc) is 2.90. The van der Waals surface area contributed by atoms with Crippen molar-refractivity contribution >= 4 is 17.0 Å². The van der Waals surface area contributed by atoms with Gasteiger partial charge in [0.05, 0.1) is 11.2 Å². The quantitative estimate of drug-likeness (QED) is 0.896. The topological polar surface area (TPSA) is 28.2 Å². The van der Waals surface area contributed by atoms with Gasteiger partial charge in [0, 0.05) is 37.7 Å². The number of anilines is 1. The Bertz CT molecular complexity index is 462. The summed E-state index contributed by atoms with van der Waals surface area (Å²) in [6.45, 7) is 3.01. The maximum Gasteiger partial charge on any atom is 0.0795 e. The van der Waals surface area contributed by atoms with E-state index in [9.17, 15) is 0 Å². The first-order chi connectivity index (χ1) is 8.66. The number of rotatable bonds is 5. The Labute approximate surface area is 112 Å². The summed E-state index contributed by atoms with van der Waals surface area (Å²) in [4.78, 5) is 6.42. The molecule has 1 N–H and O–H groups in total. The molecule has 0 saturated heterocycles. The van der Waals surface area contributed by atoms with Gasteiger partial charge in [-0.05, 0) is 24.6 Å². The molecule has 1 aromatic heterocycles. The van der Waals surface area contributed by atoms with E-state index < -0.39 is 0 Å². The van der Waals surface area contributed by atoms with Crippen LogP contribution in [0.2, 0.25) is 0 Å².